The number of rotatable bonds is 3. The molecule has 2 aromatic heterocycles. The van der Waals surface area contributed by atoms with Crippen LogP contribution in [0.2, 0.25) is 0 Å². The Labute approximate surface area is 118 Å². The van der Waals surface area contributed by atoms with Gasteiger partial charge in [0.15, 0.2) is 0 Å². The SMILES string of the molecule is Cc1cccc(C)c1CC(O)c1cn2ccccc2n1. The molecule has 0 radical (unpaired) electrons. The minimum Gasteiger partial charge on any atom is -0.386 e. The number of hydrogen-bond donors (Lipinski definition) is 1. The molecule has 0 amide bonds. The first-order chi connectivity index (χ1) is 9.65. The molecule has 0 spiro atoms. The second-order valence-electron chi connectivity index (χ2n) is 5.22. The maximum Gasteiger partial charge on any atom is 0.137 e. The summed E-state index contributed by atoms with van der Waals surface area (Å²) in [6.45, 7) is 4.16. The summed E-state index contributed by atoms with van der Waals surface area (Å²) in [6, 6.07) is 12.1. The molecule has 0 aliphatic carbocycles. The zero-order valence-corrected chi connectivity index (χ0v) is 11.7. The van der Waals surface area contributed by atoms with Gasteiger partial charge in [-0.1, -0.05) is 24.3 Å². The number of pyridine rings is 1. The molecule has 102 valence electrons. The first kappa shape index (κ1) is 12.9. The van der Waals surface area contributed by atoms with Gasteiger partial charge >= 0.3 is 0 Å². The Morgan fingerprint density at radius 1 is 1.10 bits per heavy atom. The molecule has 1 N–H and O–H groups in total. The van der Waals surface area contributed by atoms with E-state index in [2.05, 4.69) is 31.0 Å². The Bertz CT molecular complexity index is 692. The highest BCUT2D eigenvalue weighted by Crippen LogP contribution is 2.22. The molecular weight excluding hydrogens is 248 g/mol. The van der Waals surface area contributed by atoms with Gasteiger partial charge in [-0.25, -0.2) is 4.98 Å². The first-order valence-electron chi connectivity index (χ1n) is 6.82. The molecule has 0 saturated heterocycles. The van der Waals surface area contributed by atoms with Crippen molar-refractivity contribution >= 4 is 5.65 Å². The molecule has 3 rings (SSSR count). The topological polar surface area (TPSA) is 37.5 Å². The third-order valence-electron chi connectivity index (χ3n) is 3.77. The number of aryl methyl sites for hydroxylation is 2. The van der Waals surface area contributed by atoms with Gasteiger partial charge in [0.2, 0.25) is 0 Å². The molecule has 20 heavy (non-hydrogen) atoms. The lowest BCUT2D eigenvalue weighted by molar-refractivity contribution is 0.174. The average molecular weight is 266 g/mol. The van der Waals surface area contributed by atoms with Gasteiger partial charge in [-0.3, -0.25) is 0 Å². The Kier molecular flexibility index (Phi) is 3.28. The van der Waals surface area contributed by atoms with Gasteiger partial charge in [0.05, 0.1) is 5.69 Å². The number of aliphatic hydroxyl groups is 1. The van der Waals surface area contributed by atoms with Crippen molar-refractivity contribution in [2.24, 2.45) is 0 Å². The van der Waals surface area contributed by atoms with E-state index in [1.54, 1.807) is 0 Å². The molecular formula is C17H18N2O. The summed E-state index contributed by atoms with van der Waals surface area (Å²) in [7, 11) is 0. The van der Waals surface area contributed by atoms with Crippen LogP contribution >= 0.6 is 0 Å². The van der Waals surface area contributed by atoms with E-state index in [1.165, 1.54) is 16.7 Å². The smallest absolute Gasteiger partial charge is 0.137 e. The molecule has 3 nitrogen and oxygen atoms in total. The highest BCUT2D eigenvalue weighted by Gasteiger charge is 2.15. The summed E-state index contributed by atoms with van der Waals surface area (Å²) >= 11 is 0. The lowest BCUT2D eigenvalue weighted by atomic mass is 9.97. The van der Waals surface area contributed by atoms with Crippen LogP contribution in [0.1, 0.15) is 28.5 Å². The quantitative estimate of drug-likeness (QED) is 0.790. The number of imidazole rings is 1. The number of fused-ring (bicyclic) bond motifs is 1. The normalized spacial score (nSPS) is 12.8. The molecule has 0 aliphatic heterocycles. The summed E-state index contributed by atoms with van der Waals surface area (Å²) in [4.78, 5) is 4.48. The zero-order chi connectivity index (χ0) is 14.1. The van der Waals surface area contributed by atoms with Crippen molar-refractivity contribution in [1.29, 1.82) is 0 Å². The third kappa shape index (κ3) is 2.32. The zero-order valence-electron chi connectivity index (χ0n) is 11.7. The molecule has 0 bridgehead atoms. The van der Waals surface area contributed by atoms with E-state index >= 15 is 0 Å². The summed E-state index contributed by atoms with van der Waals surface area (Å²) in [5.74, 6) is 0. The fourth-order valence-electron chi connectivity index (χ4n) is 2.58. The number of benzene rings is 1. The van der Waals surface area contributed by atoms with E-state index in [1.807, 2.05) is 41.1 Å². The summed E-state index contributed by atoms with van der Waals surface area (Å²) < 4.78 is 1.93. The van der Waals surface area contributed by atoms with E-state index < -0.39 is 6.10 Å². The minimum atomic E-state index is -0.574. The van der Waals surface area contributed by atoms with Crippen LogP contribution in [0.15, 0.2) is 48.8 Å². The van der Waals surface area contributed by atoms with Gasteiger partial charge in [-0.15, -0.1) is 0 Å². The largest absolute Gasteiger partial charge is 0.386 e. The van der Waals surface area contributed by atoms with Crippen molar-refractivity contribution in [2.75, 3.05) is 0 Å². The fraction of sp³-hybridized carbons (Fsp3) is 0.235. The molecule has 1 atom stereocenters. The van der Waals surface area contributed by atoms with Crippen LogP contribution in [0.5, 0.6) is 0 Å². The van der Waals surface area contributed by atoms with E-state index in [4.69, 9.17) is 0 Å². The highest BCUT2D eigenvalue weighted by molar-refractivity contribution is 5.40. The van der Waals surface area contributed by atoms with E-state index in [0.717, 1.165) is 11.3 Å². The Hall–Kier alpha value is -2.13. The van der Waals surface area contributed by atoms with Gasteiger partial charge in [0, 0.05) is 18.8 Å². The van der Waals surface area contributed by atoms with Crippen molar-refractivity contribution in [1.82, 2.24) is 9.38 Å². The monoisotopic (exact) mass is 266 g/mol. The summed E-state index contributed by atoms with van der Waals surface area (Å²) in [5, 5.41) is 10.4. The van der Waals surface area contributed by atoms with Gasteiger partial charge in [0.25, 0.3) is 0 Å². The first-order valence-corrected chi connectivity index (χ1v) is 6.82. The summed E-state index contributed by atoms with van der Waals surface area (Å²) in [6.07, 6.45) is 3.86. The average Bonchev–Trinajstić information content (AvgIpc) is 2.87. The molecule has 1 aromatic carbocycles. The lowest BCUT2D eigenvalue weighted by Crippen LogP contribution is -2.05. The van der Waals surface area contributed by atoms with Crippen LogP contribution in [0, 0.1) is 13.8 Å². The molecule has 3 heteroatoms. The molecule has 2 heterocycles. The van der Waals surface area contributed by atoms with Gasteiger partial charge in [-0.05, 0) is 42.7 Å². The Morgan fingerprint density at radius 3 is 2.55 bits per heavy atom. The lowest BCUT2D eigenvalue weighted by Gasteiger charge is -2.13. The van der Waals surface area contributed by atoms with Crippen LogP contribution in [0.4, 0.5) is 0 Å². The second-order valence-corrected chi connectivity index (χ2v) is 5.22. The van der Waals surface area contributed by atoms with Crippen LogP contribution in [0.25, 0.3) is 5.65 Å². The molecule has 3 aromatic rings. The molecule has 0 aliphatic rings. The van der Waals surface area contributed by atoms with Gasteiger partial charge in [0.1, 0.15) is 11.8 Å². The predicted octanol–water partition coefficient (Wildman–Crippen LogP) is 3.23. The maximum absolute atomic E-state index is 10.4. The van der Waals surface area contributed by atoms with Crippen LogP contribution in [0.3, 0.4) is 0 Å². The van der Waals surface area contributed by atoms with E-state index in [-0.39, 0.29) is 0 Å². The summed E-state index contributed by atoms with van der Waals surface area (Å²) in [5.41, 5.74) is 5.22. The Balaban J connectivity index is 1.91. The van der Waals surface area contributed by atoms with Crippen LogP contribution < -0.4 is 0 Å². The fourth-order valence-corrected chi connectivity index (χ4v) is 2.58. The van der Waals surface area contributed by atoms with Crippen molar-refractivity contribution in [3.63, 3.8) is 0 Å². The number of nitrogens with zero attached hydrogens (tertiary/aromatic N) is 2. The standard InChI is InChI=1S/C17H18N2O/c1-12-6-5-7-13(2)14(12)10-16(20)15-11-19-9-4-3-8-17(19)18-15/h3-9,11,16,20H,10H2,1-2H3. The van der Waals surface area contributed by atoms with E-state index in [9.17, 15) is 5.11 Å². The second kappa shape index (κ2) is 5.10. The molecule has 0 fully saturated rings. The van der Waals surface area contributed by atoms with Crippen LogP contribution in [-0.4, -0.2) is 14.5 Å². The number of hydrogen-bond acceptors (Lipinski definition) is 2. The Morgan fingerprint density at radius 2 is 1.85 bits per heavy atom. The maximum atomic E-state index is 10.4. The van der Waals surface area contributed by atoms with E-state index in [0.29, 0.717) is 6.42 Å². The minimum absolute atomic E-state index is 0.574. The van der Waals surface area contributed by atoms with Gasteiger partial charge < -0.3 is 9.51 Å². The number of aromatic nitrogens is 2. The van der Waals surface area contributed by atoms with Crippen LogP contribution in [-0.2, 0) is 6.42 Å². The molecule has 0 saturated carbocycles. The van der Waals surface area contributed by atoms with Crippen molar-refractivity contribution in [3.8, 4) is 0 Å². The third-order valence-corrected chi connectivity index (χ3v) is 3.77. The predicted molar refractivity (Wildman–Crippen MR) is 79.8 cm³/mol. The van der Waals surface area contributed by atoms with Gasteiger partial charge in [-0.2, -0.15) is 0 Å². The van der Waals surface area contributed by atoms with Crippen molar-refractivity contribution in [2.45, 2.75) is 26.4 Å². The highest BCUT2D eigenvalue weighted by atomic mass is 16.3. The van der Waals surface area contributed by atoms with Crippen molar-refractivity contribution in [3.05, 3.63) is 71.2 Å². The molecule has 1 unspecified atom stereocenters. The number of aliphatic hydroxyl groups excluding tert-OH is 1. The van der Waals surface area contributed by atoms with Crippen molar-refractivity contribution < 1.29 is 5.11 Å².